The normalized spacial score (nSPS) is 16.6. The zero-order valence-corrected chi connectivity index (χ0v) is 18.3. The molecule has 0 aromatic rings. The van der Waals surface area contributed by atoms with Crippen LogP contribution in [0.1, 0.15) is 53.9 Å². The van der Waals surface area contributed by atoms with Crippen LogP contribution in [0.3, 0.4) is 0 Å². The van der Waals surface area contributed by atoms with Crippen LogP contribution in [0.25, 0.3) is 0 Å². The van der Waals surface area contributed by atoms with Crippen molar-refractivity contribution in [2.75, 3.05) is 33.4 Å². The lowest BCUT2D eigenvalue weighted by molar-refractivity contribution is -0.131. The monoisotopic (exact) mass is 398 g/mol. The highest BCUT2D eigenvalue weighted by atomic mass is 16.5. The highest BCUT2D eigenvalue weighted by molar-refractivity contribution is 5.88. The average molecular weight is 399 g/mol. The van der Waals surface area contributed by atoms with Gasteiger partial charge in [-0.05, 0) is 45.4 Å². The van der Waals surface area contributed by atoms with Crippen LogP contribution < -0.4 is 16.0 Å². The fraction of sp³-hybridized carbons (Fsp3) is 0.850. The Morgan fingerprint density at radius 2 is 1.75 bits per heavy atom. The van der Waals surface area contributed by atoms with Crippen LogP contribution in [-0.2, 0) is 14.3 Å². The molecule has 1 rings (SSSR count). The van der Waals surface area contributed by atoms with Crippen LogP contribution in [0.4, 0.5) is 4.79 Å². The second-order valence-corrected chi connectivity index (χ2v) is 8.93. The fourth-order valence-electron chi connectivity index (χ4n) is 3.22. The first-order chi connectivity index (χ1) is 13.0. The molecule has 0 aliphatic carbocycles. The summed E-state index contributed by atoms with van der Waals surface area (Å²) in [7, 11) is 1.58. The van der Waals surface area contributed by atoms with Crippen molar-refractivity contribution in [3.8, 4) is 0 Å². The number of carbonyl (C=O) groups is 3. The summed E-state index contributed by atoms with van der Waals surface area (Å²) in [4.78, 5) is 39.1. The Kier molecular flexibility index (Phi) is 9.72. The second-order valence-electron chi connectivity index (χ2n) is 8.93. The Labute approximate surface area is 169 Å². The van der Waals surface area contributed by atoms with Gasteiger partial charge >= 0.3 is 6.03 Å². The summed E-state index contributed by atoms with van der Waals surface area (Å²) in [5, 5.41) is 8.72. The minimum Gasteiger partial charge on any atom is -0.383 e. The molecule has 4 amide bonds. The van der Waals surface area contributed by atoms with Gasteiger partial charge in [0.15, 0.2) is 0 Å². The van der Waals surface area contributed by atoms with Crippen LogP contribution >= 0.6 is 0 Å². The lowest BCUT2D eigenvalue weighted by atomic mass is 9.88. The molecule has 0 bridgehead atoms. The molecule has 162 valence electrons. The molecule has 1 fully saturated rings. The fourth-order valence-corrected chi connectivity index (χ4v) is 3.22. The molecular weight excluding hydrogens is 360 g/mol. The number of ether oxygens (including phenoxy) is 1. The highest BCUT2D eigenvalue weighted by Gasteiger charge is 2.34. The second kappa shape index (κ2) is 11.2. The molecule has 1 heterocycles. The van der Waals surface area contributed by atoms with Gasteiger partial charge in [0.25, 0.3) is 0 Å². The van der Waals surface area contributed by atoms with Crippen molar-refractivity contribution in [1.82, 2.24) is 20.9 Å². The largest absolute Gasteiger partial charge is 0.383 e. The van der Waals surface area contributed by atoms with Gasteiger partial charge in [-0.25, -0.2) is 4.79 Å². The van der Waals surface area contributed by atoms with Gasteiger partial charge in [0.05, 0.1) is 6.61 Å². The summed E-state index contributed by atoms with van der Waals surface area (Å²) < 4.78 is 4.98. The Morgan fingerprint density at radius 1 is 1.14 bits per heavy atom. The van der Waals surface area contributed by atoms with E-state index < -0.39 is 6.04 Å². The Morgan fingerprint density at radius 3 is 2.25 bits per heavy atom. The Hall–Kier alpha value is -1.83. The van der Waals surface area contributed by atoms with E-state index in [0.29, 0.717) is 45.5 Å². The summed E-state index contributed by atoms with van der Waals surface area (Å²) in [5.74, 6) is -0.0842. The molecule has 0 radical (unpaired) electrons. The van der Waals surface area contributed by atoms with E-state index in [1.165, 1.54) is 0 Å². The smallest absolute Gasteiger partial charge is 0.317 e. The van der Waals surface area contributed by atoms with Gasteiger partial charge in [0.1, 0.15) is 6.04 Å². The third-order valence-electron chi connectivity index (χ3n) is 4.58. The Balaban J connectivity index is 2.70. The zero-order valence-electron chi connectivity index (χ0n) is 18.3. The summed E-state index contributed by atoms with van der Waals surface area (Å²) in [6, 6.07) is -0.674. The molecule has 8 heteroatoms. The van der Waals surface area contributed by atoms with E-state index in [0.717, 1.165) is 0 Å². The number of likely N-dealkylation sites (tertiary alicyclic amines) is 1. The predicted octanol–water partition coefficient (Wildman–Crippen LogP) is 1.50. The molecular formula is C20H38N4O4. The summed E-state index contributed by atoms with van der Waals surface area (Å²) in [6.07, 6.45) is 1.72. The number of hydrogen-bond donors (Lipinski definition) is 3. The average Bonchev–Trinajstić information content (AvgIpc) is 2.58. The minimum atomic E-state index is -0.587. The van der Waals surface area contributed by atoms with Crippen molar-refractivity contribution in [2.24, 2.45) is 11.8 Å². The number of hydrogen-bond acceptors (Lipinski definition) is 4. The molecule has 1 atom stereocenters. The van der Waals surface area contributed by atoms with Gasteiger partial charge in [-0.2, -0.15) is 0 Å². The lowest BCUT2D eigenvalue weighted by Gasteiger charge is -2.37. The number of amides is 4. The number of rotatable bonds is 8. The first-order valence-corrected chi connectivity index (χ1v) is 10.2. The topological polar surface area (TPSA) is 99.8 Å². The molecule has 0 saturated carbocycles. The number of piperidine rings is 1. The van der Waals surface area contributed by atoms with E-state index in [1.807, 2.05) is 34.6 Å². The molecule has 1 saturated heterocycles. The zero-order chi connectivity index (χ0) is 21.3. The number of carbonyl (C=O) groups excluding carboxylic acids is 3. The van der Waals surface area contributed by atoms with Crippen LogP contribution in [0.5, 0.6) is 0 Å². The van der Waals surface area contributed by atoms with Gasteiger partial charge in [0, 0.05) is 38.7 Å². The maximum absolute atomic E-state index is 12.7. The van der Waals surface area contributed by atoms with Crippen molar-refractivity contribution in [2.45, 2.75) is 65.5 Å². The van der Waals surface area contributed by atoms with Gasteiger partial charge in [0.2, 0.25) is 11.8 Å². The van der Waals surface area contributed by atoms with Crippen molar-refractivity contribution in [1.29, 1.82) is 0 Å². The quantitative estimate of drug-likeness (QED) is 0.540. The third-order valence-corrected chi connectivity index (χ3v) is 4.58. The minimum absolute atomic E-state index is 0.00246. The van der Waals surface area contributed by atoms with Crippen molar-refractivity contribution in [3.05, 3.63) is 0 Å². The van der Waals surface area contributed by atoms with E-state index in [1.54, 1.807) is 12.0 Å². The first-order valence-electron chi connectivity index (χ1n) is 10.2. The number of methoxy groups -OCH3 is 1. The molecule has 3 N–H and O–H groups in total. The van der Waals surface area contributed by atoms with Crippen LogP contribution in [-0.4, -0.2) is 67.7 Å². The van der Waals surface area contributed by atoms with Gasteiger partial charge in [-0.3, -0.25) is 9.59 Å². The molecule has 28 heavy (non-hydrogen) atoms. The maximum atomic E-state index is 12.7. The number of nitrogens with one attached hydrogen (secondary N) is 3. The summed E-state index contributed by atoms with van der Waals surface area (Å²) in [5.41, 5.74) is -0.289. The van der Waals surface area contributed by atoms with E-state index in [-0.39, 0.29) is 35.2 Å². The standard InChI is InChI=1S/C20H38N4O4/c1-14(2)13-16(25)22-17(18(26)21-9-12-28-6)15-7-10-24(11-8-15)19(27)23-20(3,4)5/h14-15,17H,7-13H2,1-6H3,(H,21,26)(H,22,25)(H,23,27). The van der Waals surface area contributed by atoms with Gasteiger partial charge < -0.3 is 25.6 Å². The third kappa shape index (κ3) is 8.91. The molecule has 1 aliphatic rings. The van der Waals surface area contributed by atoms with Gasteiger partial charge in [-0.1, -0.05) is 13.8 Å². The highest BCUT2D eigenvalue weighted by Crippen LogP contribution is 2.22. The van der Waals surface area contributed by atoms with E-state index in [9.17, 15) is 14.4 Å². The number of urea groups is 1. The molecule has 0 aromatic heterocycles. The van der Waals surface area contributed by atoms with Crippen molar-refractivity contribution >= 4 is 17.8 Å². The van der Waals surface area contributed by atoms with Crippen molar-refractivity contribution < 1.29 is 19.1 Å². The molecule has 1 unspecified atom stereocenters. The van der Waals surface area contributed by atoms with Gasteiger partial charge in [-0.15, -0.1) is 0 Å². The predicted molar refractivity (Wildman–Crippen MR) is 109 cm³/mol. The molecule has 0 aromatic carbocycles. The number of nitrogens with zero attached hydrogens (tertiary/aromatic N) is 1. The van der Waals surface area contributed by atoms with Crippen LogP contribution in [0.15, 0.2) is 0 Å². The summed E-state index contributed by atoms with van der Waals surface area (Å²) in [6.45, 7) is 11.7. The SMILES string of the molecule is COCCNC(=O)C(NC(=O)CC(C)C)C1CCN(C(=O)NC(C)(C)C)CC1. The summed E-state index contributed by atoms with van der Waals surface area (Å²) >= 11 is 0. The molecule has 8 nitrogen and oxygen atoms in total. The molecule has 0 spiro atoms. The maximum Gasteiger partial charge on any atom is 0.317 e. The van der Waals surface area contributed by atoms with Crippen LogP contribution in [0, 0.1) is 11.8 Å². The van der Waals surface area contributed by atoms with E-state index in [2.05, 4.69) is 16.0 Å². The van der Waals surface area contributed by atoms with E-state index >= 15 is 0 Å². The van der Waals surface area contributed by atoms with Crippen LogP contribution in [0.2, 0.25) is 0 Å². The Bertz CT molecular complexity index is 523. The first kappa shape index (κ1) is 24.2. The molecule has 1 aliphatic heterocycles. The van der Waals surface area contributed by atoms with E-state index in [4.69, 9.17) is 4.74 Å². The van der Waals surface area contributed by atoms with Crippen molar-refractivity contribution in [3.63, 3.8) is 0 Å². The lowest BCUT2D eigenvalue weighted by Crippen LogP contribution is -2.56.